The standard InChI is InChI=1S/C13H21N3O/c1-15-7-3-4-12(9-15)16(2)13-6-5-11(10-17)8-14-13/h5-6,8,12,17H,3-4,7,9-10H2,1-2H3. The monoisotopic (exact) mass is 235 g/mol. The first kappa shape index (κ1) is 12.3. The van der Waals surface area contributed by atoms with Gasteiger partial charge in [-0.3, -0.25) is 0 Å². The van der Waals surface area contributed by atoms with Crippen LogP contribution < -0.4 is 4.90 Å². The van der Waals surface area contributed by atoms with Gasteiger partial charge in [0.25, 0.3) is 0 Å². The van der Waals surface area contributed by atoms with Gasteiger partial charge in [0, 0.05) is 25.8 Å². The van der Waals surface area contributed by atoms with E-state index in [-0.39, 0.29) is 6.61 Å². The highest BCUT2D eigenvalue weighted by atomic mass is 16.3. The van der Waals surface area contributed by atoms with Crippen molar-refractivity contribution in [3.63, 3.8) is 0 Å². The van der Waals surface area contributed by atoms with Crippen LogP contribution in [-0.2, 0) is 6.61 Å². The molecule has 1 aliphatic rings. The molecule has 0 aliphatic carbocycles. The van der Waals surface area contributed by atoms with Crippen molar-refractivity contribution in [2.24, 2.45) is 0 Å². The largest absolute Gasteiger partial charge is 0.392 e. The van der Waals surface area contributed by atoms with Crippen LogP contribution in [0.3, 0.4) is 0 Å². The van der Waals surface area contributed by atoms with Gasteiger partial charge in [-0.05, 0) is 38.1 Å². The van der Waals surface area contributed by atoms with Crippen molar-refractivity contribution in [1.82, 2.24) is 9.88 Å². The third kappa shape index (κ3) is 2.96. The Labute approximate surface area is 103 Å². The molecular formula is C13H21N3O. The molecule has 17 heavy (non-hydrogen) atoms. The molecule has 0 saturated carbocycles. The second-order valence-electron chi connectivity index (χ2n) is 4.85. The van der Waals surface area contributed by atoms with Crippen molar-refractivity contribution in [3.05, 3.63) is 23.9 Å². The van der Waals surface area contributed by atoms with E-state index in [1.807, 2.05) is 12.1 Å². The van der Waals surface area contributed by atoms with Gasteiger partial charge < -0.3 is 14.9 Å². The normalized spacial score (nSPS) is 21.5. The van der Waals surface area contributed by atoms with E-state index in [0.29, 0.717) is 6.04 Å². The minimum atomic E-state index is 0.0587. The highest BCUT2D eigenvalue weighted by Gasteiger charge is 2.21. The Morgan fingerprint density at radius 2 is 2.35 bits per heavy atom. The van der Waals surface area contributed by atoms with E-state index >= 15 is 0 Å². The van der Waals surface area contributed by atoms with Gasteiger partial charge in [-0.2, -0.15) is 0 Å². The van der Waals surface area contributed by atoms with Crippen LogP contribution in [0.4, 0.5) is 5.82 Å². The second-order valence-corrected chi connectivity index (χ2v) is 4.85. The van der Waals surface area contributed by atoms with E-state index < -0.39 is 0 Å². The molecule has 4 heteroatoms. The molecule has 1 unspecified atom stereocenters. The van der Waals surface area contributed by atoms with Gasteiger partial charge in [0.05, 0.1) is 6.61 Å². The number of likely N-dealkylation sites (tertiary alicyclic amines) is 1. The maximum Gasteiger partial charge on any atom is 0.128 e. The fourth-order valence-electron chi connectivity index (χ4n) is 2.36. The number of nitrogens with zero attached hydrogens (tertiary/aromatic N) is 3. The van der Waals surface area contributed by atoms with E-state index in [2.05, 4.69) is 28.9 Å². The van der Waals surface area contributed by atoms with Crippen LogP contribution in [-0.4, -0.2) is 48.2 Å². The van der Waals surface area contributed by atoms with E-state index in [9.17, 15) is 0 Å². The number of hydrogen-bond acceptors (Lipinski definition) is 4. The van der Waals surface area contributed by atoms with Gasteiger partial charge in [-0.1, -0.05) is 6.07 Å². The van der Waals surface area contributed by atoms with Gasteiger partial charge in [-0.15, -0.1) is 0 Å². The minimum absolute atomic E-state index is 0.0587. The van der Waals surface area contributed by atoms with Crippen LogP contribution in [0.15, 0.2) is 18.3 Å². The van der Waals surface area contributed by atoms with E-state index in [0.717, 1.165) is 17.9 Å². The quantitative estimate of drug-likeness (QED) is 0.852. The summed E-state index contributed by atoms with van der Waals surface area (Å²) in [6.45, 7) is 2.35. The average molecular weight is 235 g/mol. The lowest BCUT2D eigenvalue weighted by Gasteiger charge is -2.36. The van der Waals surface area contributed by atoms with Crippen LogP contribution in [0.5, 0.6) is 0 Å². The Balaban J connectivity index is 2.04. The first-order valence-electron chi connectivity index (χ1n) is 6.18. The van der Waals surface area contributed by atoms with Crippen molar-refractivity contribution in [2.45, 2.75) is 25.5 Å². The van der Waals surface area contributed by atoms with Gasteiger partial charge in [0.2, 0.25) is 0 Å². The minimum Gasteiger partial charge on any atom is -0.392 e. The van der Waals surface area contributed by atoms with Crippen molar-refractivity contribution in [2.75, 3.05) is 32.1 Å². The molecule has 0 aromatic carbocycles. The molecule has 2 rings (SSSR count). The first-order valence-corrected chi connectivity index (χ1v) is 6.18. The van der Waals surface area contributed by atoms with Crippen molar-refractivity contribution in [3.8, 4) is 0 Å². The summed E-state index contributed by atoms with van der Waals surface area (Å²) in [4.78, 5) is 9.01. The molecule has 0 bridgehead atoms. The molecule has 0 spiro atoms. The smallest absolute Gasteiger partial charge is 0.128 e. The molecule has 4 nitrogen and oxygen atoms in total. The molecule has 0 radical (unpaired) electrons. The number of anilines is 1. The second kappa shape index (κ2) is 5.47. The Kier molecular flexibility index (Phi) is 3.97. The number of rotatable bonds is 3. The zero-order chi connectivity index (χ0) is 12.3. The number of piperidine rings is 1. The lowest BCUT2D eigenvalue weighted by Crippen LogP contribution is -2.45. The molecule has 1 atom stereocenters. The Hall–Kier alpha value is -1.13. The summed E-state index contributed by atoms with van der Waals surface area (Å²) in [7, 11) is 4.27. The number of hydrogen-bond donors (Lipinski definition) is 1. The van der Waals surface area contributed by atoms with E-state index in [1.165, 1.54) is 19.4 Å². The highest BCUT2D eigenvalue weighted by molar-refractivity contribution is 5.39. The van der Waals surface area contributed by atoms with Crippen molar-refractivity contribution >= 4 is 5.82 Å². The molecule has 0 amide bonds. The summed E-state index contributed by atoms with van der Waals surface area (Å²) >= 11 is 0. The van der Waals surface area contributed by atoms with Gasteiger partial charge in [-0.25, -0.2) is 4.98 Å². The lowest BCUT2D eigenvalue weighted by atomic mass is 10.1. The maximum absolute atomic E-state index is 8.99. The average Bonchev–Trinajstić information content (AvgIpc) is 2.38. The van der Waals surface area contributed by atoms with E-state index in [1.54, 1.807) is 6.20 Å². The Morgan fingerprint density at radius 3 is 2.94 bits per heavy atom. The highest BCUT2D eigenvalue weighted by Crippen LogP contribution is 2.19. The summed E-state index contributed by atoms with van der Waals surface area (Å²) < 4.78 is 0. The molecule has 1 aromatic heterocycles. The number of aliphatic hydroxyl groups excluding tert-OH is 1. The molecule has 1 N–H and O–H groups in total. The summed E-state index contributed by atoms with van der Waals surface area (Å²) in [5.41, 5.74) is 0.864. The van der Waals surface area contributed by atoms with Crippen molar-refractivity contribution in [1.29, 1.82) is 0 Å². The van der Waals surface area contributed by atoms with Crippen LogP contribution >= 0.6 is 0 Å². The third-order valence-corrected chi connectivity index (χ3v) is 3.50. The number of pyridine rings is 1. The fraction of sp³-hybridized carbons (Fsp3) is 0.615. The molecule has 94 valence electrons. The summed E-state index contributed by atoms with van der Waals surface area (Å²) in [6, 6.07) is 4.46. The van der Waals surface area contributed by atoms with Gasteiger partial charge in [0.15, 0.2) is 0 Å². The summed E-state index contributed by atoms with van der Waals surface area (Å²) in [5.74, 6) is 0.988. The zero-order valence-electron chi connectivity index (χ0n) is 10.6. The molecule has 2 heterocycles. The summed E-state index contributed by atoms with van der Waals surface area (Å²) in [6.07, 6.45) is 4.23. The van der Waals surface area contributed by atoms with Gasteiger partial charge in [0.1, 0.15) is 5.82 Å². The zero-order valence-corrected chi connectivity index (χ0v) is 10.6. The first-order chi connectivity index (χ1) is 8.20. The predicted molar refractivity (Wildman–Crippen MR) is 69.1 cm³/mol. The topological polar surface area (TPSA) is 39.6 Å². The fourth-order valence-corrected chi connectivity index (χ4v) is 2.36. The van der Waals surface area contributed by atoms with Crippen LogP contribution in [0.25, 0.3) is 0 Å². The molecule has 1 saturated heterocycles. The van der Waals surface area contributed by atoms with E-state index in [4.69, 9.17) is 5.11 Å². The third-order valence-electron chi connectivity index (χ3n) is 3.50. The number of likely N-dealkylation sites (N-methyl/N-ethyl adjacent to an activating group) is 2. The lowest BCUT2D eigenvalue weighted by molar-refractivity contribution is 0.247. The Morgan fingerprint density at radius 1 is 1.53 bits per heavy atom. The number of aromatic nitrogens is 1. The van der Waals surface area contributed by atoms with Crippen molar-refractivity contribution < 1.29 is 5.11 Å². The van der Waals surface area contributed by atoms with Crippen LogP contribution in [0.1, 0.15) is 18.4 Å². The predicted octanol–water partition coefficient (Wildman–Crippen LogP) is 1.10. The van der Waals surface area contributed by atoms with Gasteiger partial charge >= 0.3 is 0 Å². The molecule has 1 aliphatic heterocycles. The molecule has 1 fully saturated rings. The summed E-state index contributed by atoms with van der Waals surface area (Å²) in [5, 5.41) is 8.99. The molecular weight excluding hydrogens is 214 g/mol. The molecule has 1 aromatic rings. The number of aliphatic hydroxyl groups is 1. The van der Waals surface area contributed by atoms with Crippen LogP contribution in [0.2, 0.25) is 0 Å². The van der Waals surface area contributed by atoms with Crippen LogP contribution in [0, 0.1) is 0 Å². The maximum atomic E-state index is 8.99. The SMILES string of the molecule is CN1CCCC(N(C)c2ccc(CO)cn2)C1. The Bertz CT molecular complexity index is 352.